The second-order valence-electron chi connectivity index (χ2n) is 5.25. The Morgan fingerprint density at radius 2 is 1.90 bits per heavy atom. The Morgan fingerprint density at radius 3 is 2.48 bits per heavy atom. The van der Waals surface area contributed by atoms with E-state index in [-0.39, 0.29) is 0 Å². The van der Waals surface area contributed by atoms with Crippen LogP contribution in [-0.4, -0.2) is 4.98 Å². The van der Waals surface area contributed by atoms with Crippen LogP contribution in [0.15, 0.2) is 45.5 Å². The van der Waals surface area contributed by atoms with Crippen molar-refractivity contribution in [2.24, 2.45) is 0 Å². The van der Waals surface area contributed by atoms with Gasteiger partial charge in [0.1, 0.15) is 0 Å². The van der Waals surface area contributed by atoms with E-state index < -0.39 is 5.41 Å². The summed E-state index contributed by atoms with van der Waals surface area (Å²) in [5, 5.41) is 12.5. The van der Waals surface area contributed by atoms with Crippen molar-refractivity contribution in [2.75, 3.05) is 5.32 Å². The summed E-state index contributed by atoms with van der Waals surface area (Å²) in [7, 11) is 0. The molecule has 2 rings (SSSR count). The molecule has 1 aromatic carbocycles. The number of hydrogen-bond donors (Lipinski definition) is 1. The van der Waals surface area contributed by atoms with Gasteiger partial charge in [0.05, 0.1) is 23.7 Å². The summed E-state index contributed by atoms with van der Waals surface area (Å²) in [6.07, 6.45) is 1.78. The zero-order valence-electron chi connectivity index (χ0n) is 11.8. The van der Waals surface area contributed by atoms with Gasteiger partial charge in [-0.1, -0.05) is 12.1 Å². The van der Waals surface area contributed by atoms with Crippen LogP contribution in [-0.2, 0) is 12.0 Å². The minimum Gasteiger partial charge on any atom is -0.379 e. The van der Waals surface area contributed by atoms with Crippen molar-refractivity contribution in [1.82, 2.24) is 4.98 Å². The molecule has 1 aromatic heterocycles. The molecule has 0 spiro atoms. The second-order valence-corrected chi connectivity index (χ2v) is 7.02. The predicted octanol–water partition coefficient (Wildman–Crippen LogP) is 5.02. The van der Waals surface area contributed by atoms with E-state index in [0.717, 1.165) is 25.9 Å². The van der Waals surface area contributed by atoms with Crippen LogP contribution in [0.4, 0.5) is 5.69 Å². The number of halogens is 2. The number of benzene rings is 1. The molecule has 0 atom stereocenters. The van der Waals surface area contributed by atoms with Crippen molar-refractivity contribution in [3.63, 3.8) is 0 Å². The van der Waals surface area contributed by atoms with E-state index in [1.54, 1.807) is 6.20 Å². The van der Waals surface area contributed by atoms with Gasteiger partial charge in [0.25, 0.3) is 0 Å². The first-order chi connectivity index (χ1) is 9.92. The molecule has 21 heavy (non-hydrogen) atoms. The quantitative estimate of drug-likeness (QED) is 0.772. The molecule has 5 heteroatoms. The number of pyridine rings is 1. The Kier molecular flexibility index (Phi) is 5.02. The Morgan fingerprint density at radius 1 is 1.24 bits per heavy atom. The van der Waals surface area contributed by atoms with E-state index in [9.17, 15) is 0 Å². The molecule has 0 aliphatic carbocycles. The highest BCUT2D eigenvalue weighted by atomic mass is 79.9. The van der Waals surface area contributed by atoms with Gasteiger partial charge in [-0.3, -0.25) is 4.98 Å². The Balaban J connectivity index is 2.06. The van der Waals surface area contributed by atoms with Crippen molar-refractivity contribution in [3.05, 3.63) is 56.7 Å². The Labute approximate surface area is 141 Å². The van der Waals surface area contributed by atoms with Gasteiger partial charge >= 0.3 is 0 Å². The third kappa shape index (κ3) is 4.05. The highest BCUT2D eigenvalue weighted by Crippen LogP contribution is 2.24. The van der Waals surface area contributed by atoms with Crippen molar-refractivity contribution in [3.8, 4) is 6.07 Å². The highest BCUT2D eigenvalue weighted by Gasteiger charge is 2.19. The SMILES string of the molecule is CC(C)(C#N)c1ccc(NCc2ncc(Br)cc2Br)cc1. The maximum atomic E-state index is 9.14. The summed E-state index contributed by atoms with van der Waals surface area (Å²) in [4.78, 5) is 4.36. The molecule has 0 radical (unpaired) electrons. The molecule has 2 aromatic rings. The zero-order valence-corrected chi connectivity index (χ0v) is 15.0. The van der Waals surface area contributed by atoms with Gasteiger partial charge in [-0.2, -0.15) is 5.26 Å². The summed E-state index contributed by atoms with van der Waals surface area (Å²) in [6, 6.07) is 12.2. The molecule has 0 amide bonds. The van der Waals surface area contributed by atoms with E-state index >= 15 is 0 Å². The number of nitrogens with one attached hydrogen (secondary N) is 1. The molecule has 0 fully saturated rings. The summed E-state index contributed by atoms with van der Waals surface area (Å²) in [6.45, 7) is 4.46. The average Bonchev–Trinajstić information content (AvgIpc) is 2.47. The molecular weight excluding hydrogens is 394 g/mol. The van der Waals surface area contributed by atoms with Crippen LogP contribution < -0.4 is 5.32 Å². The highest BCUT2D eigenvalue weighted by molar-refractivity contribution is 9.11. The molecule has 0 aliphatic rings. The molecule has 0 saturated carbocycles. The minimum absolute atomic E-state index is 0.463. The van der Waals surface area contributed by atoms with Crippen LogP contribution in [0.25, 0.3) is 0 Å². The number of anilines is 1. The lowest BCUT2D eigenvalue weighted by Crippen LogP contribution is -2.13. The molecule has 0 bridgehead atoms. The van der Waals surface area contributed by atoms with Crippen LogP contribution in [0.1, 0.15) is 25.1 Å². The predicted molar refractivity (Wildman–Crippen MR) is 92.0 cm³/mol. The summed E-state index contributed by atoms with van der Waals surface area (Å²) in [5.74, 6) is 0. The standard InChI is InChI=1S/C16H15Br2N3/c1-16(2,10-19)11-3-5-13(6-4-11)20-9-15-14(18)7-12(17)8-21-15/h3-8,20H,9H2,1-2H3. The van der Waals surface area contributed by atoms with Crippen molar-refractivity contribution < 1.29 is 0 Å². The third-order valence-electron chi connectivity index (χ3n) is 3.23. The normalized spacial score (nSPS) is 11.0. The van der Waals surface area contributed by atoms with Gasteiger partial charge in [0.15, 0.2) is 0 Å². The van der Waals surface area contributed by atoms with E-state index in [1.165, 1.54) is 0 Å². The fourth-order valence-electron chi connectivity index (χ4n) is 1.83. The van der Waals surface area contributed by atoms with E-state index in [4.69, 9.17) is 5.26 Å². The smallest absolute Gasteiger partial charge is 0.0766 e. The van der Waals surface area contributed by atoms with E-state index in [0.29, 0.717) is 6.54 Å². The second kappa shape index (κ2) is 6.59. The molecule has 0 unspecified atom stereocenters. The Bertz CT molecular complexity index is 673. The third-order valence-corrected chi connectivity index (χ3v) is 4.35. The Hall–Kier alpha value is -1.38. The fourth-order valence-corrected chi connectivity index (χ4v) is 2.96. The van der Waals surface area contributed by atoms with Crippen LogP contribution in [0.5, 0.6) is 0 Å². The lowest BCUT2D eigenvalue weighted by molar-refractivity contribution is 0.687. The lowest BCUT2D eigenvalue weighted by Gasteiger charge is -2.16. The molecule has 1 N–H and O–H groups in total. The van der Waals surface area contributed by atoms with Crippen LogP contribution >= 0.6 is 31.9 Å². The topological polar surface area (TPSA) is 48.7 Å². The van der Waals surface area contributed by atoms with Gasteiger partial charge in [0.2, 0.25) is 0 Å². The zero-order chi connectivity index (χ0) is 15.5. The van der Waals surface area contributed by atoms with Gasteiger partial charge in [0, 0.05) is 20.8 Å². The first-order valence-corrected chi connectivity index (χ1v) is 8.06. The lowest BCUT2D eigenvalue weighted by atomic mass is 9.86. The minimum atomic E-state index is -0.463. The van der Waals surface area contributed by atoms with Gasteiger partial charge in [-0.25, -0.2) is 0 Å². The van der Waals surface area contributed by atoms with Gasteiger partial charge < -0.3 is 5.32 Å². The molecule has 108 valence electrons. The number of rotatable bonds is 4. The van der Waals surface area contributed by atoms with Gasteiger partial charge in [-0.05, 0) is 69.5 Å². The molecule has 3 nitrogen and oxygen atoms in total. The molecule has 1 heterocycles. The van der Waals surface area contributed by atoms with Crippen molar-refractivity contribution in [2.45, 2.75) is 25.8 Å². The molecular formula is C16H15Br2N3. The van der Waals surface area contributed by atoms with Crippen LogP contribution in [0.2, 0.25) is 0 Å². The number of nitrogens with zero attached hydrogens (tertiary/aromatic N) is 2. The van der Waals surface area contributed by atoms with Crippen molar-refractivity contribution >= 4 is 37.5 Å². The summed E-state index contributed by atoms with van der Waals surface area (Å²) >= 11 is 6.89. The summed E-state index contributed by atoms with van der Waals surface area (Å²) in [5.41, 5.74) is 2.50. The van der Waals surface area contributed by atoms with Crippen LogP contribution in [0.3, 0.4) is 0 Å². The van der Waals surface area contributed by atoms with Gasteiger partial charge in [-0.15, -0.1) is 0 Å². The number of aromatic nitrogens is 1. The molecule has 0 saturated heterocycles. The summed E-state index contributed by atoms with van der Waals surface area (Å²) < 4.78 is 1.91. The van der Waals surface area contributed by atoms with E-state index in [1.807, 2.05) is 44.2 Å². The number of nitriles is 1. The monoisotopic (exact) mass is 407 g/mol. The van der Waals surface area contributed by atoms with Crippen LogP contribution in [0, 0.1) is 11.3 Å². The largest absolute Gasteiger partial charge is 0.379 e. The van der Waals surface area contributed by atoms with E-state index in [2.05, 4.69) is 48.2 Å². The fraction of sp³-hybridized carbons (Fsp3) is 0.250. The van der Waals surface area contributed by atoms with Crippen molar-refractivity contribution in [1.29, 1.82) is 5.26 Å². The maximum absolute atomic E-state index is 9.14. The number of hydrogen-bond acceptors (Lipinski definition) is 3. The molecule has 0 aliphatic heterocycles. The average molecular weight is 409 g/mol. The first kappa shape index (κ1) is 16.0. The maximum Gasteiger partial charge on any atom is 0.0766 e. The first-order valence-electron chi connectivity index (χ1n) is 6.48.